The van der Waals surface area contributed by atoms with Gasteiger partial charge in [-0.1, -0.05) is 12.1 Å². The van der Waals surface area contributed by atoms with Crippen LogP contribution in [0.1, 0.15) is 18.4 Å². The molecule has 4 aromatic heterocycles. The Kier molecular flexibility index (Phi) is 6.50. The molecule has 7 rings (SSSR count). The van der Waals surface area contributed by atoms with Crippen molar-refractivity contribution in [2.45, 2.75) is 38.4 Å². The predicted molar refractivity (Wildman–Crippen MR) is 163 cm³/mol. The number of pyridine rings is 1. The smallest absolute Gasteiger partial charge is 0.278 e. The molecule has 2 aliphatic rings. The number of likely N-dealkylation sites (N-methyl/N-ethyl adjacent to an activating group) is 1. The van der Waals surface area contributed by atoms with Gasteiger partial charge in [0.05, 0.1) is 6.54 Å². The molecular formula is C31H32N10O. The van der Waals surface area contributed by atoms with Gasteiger partial charge in [-0.05, 0) is 68.8 Å². The van der Waals surface area contributed by atoms with E-state index in [0.29, 0.717) is 46.4 Å². The normalized spacial score (nSPS) is 18.5. The van der Waals surface area contributed by atoms with Gasteiger partial charge in [-0.15, -0.1) is 6.58 Å². The highest BCUT2D eigenvalue weighted by molar-refractivity contribution is 5.77. The molecule has 2 aliphatic heterocycles. The standard InChI is InChI=1S/C31H32N10O/c1-4-14-39-30(42)25-17-34-31(35-21-8-10-22(11-9-21)40-23-12-13-24(40)19-38(3)18-23)37-29(25)41(39)27-7-5-6-26(36-27)28-32-15-20(2)16-33-28/h4-11,15-17,23-24H,1,12-14,18-19H2,2-3H3,(H,34,35,37). The molecular weight excluding hydrogens is 528 g/mol. The summed E-state index contributed by atoms with van der Waals surface area (Å²) in [4.78, 5) is 41.3. The zero-order chi connectivity index (χ0) is 28.8. The molecule has 2 bridgehead atoms. The number of hydrogen-bond acceptors (Lipinski definition) is 9. The van der Waals surface area contributed by atoms with E-state index >= 15 is 0 Å². The maximum absolute atomic E-state index is 13.4. The summed E-state index contributed by atoms with van der Waals surface area (Å²) in [6.45, 7) is 8.26. The summed E-state index contributed by atoms with van der Waals surface area (Å²) in [7, 11) is 2.21. The number of allylic oxidation sites excluding steroid dienone is 1. The van der Waals surface area contributed by atoms with Crippen LogP contribution < -0.4 is 15.8 Å². The number of fused-ring (bicyclic) bond motifs is 3. The number of nitrogens with zero attached hydrogens (tertiary/aromatic N) is 9. The van der Waals surface area contributed by atoms with Crippen LogP contribution in [0.25, 0.3) is 28.4 Å². The van der Waals surface area contributed by atoms with E-state index in [1.807, 2.05) is 25.1 Å². The Morgan fingerprint density at radius 1 is 0.976 bits per heavy atom. The van der Waals surface area contributed by atoms with Crippen molar-refractivity contribution in [3.8, 4) is 17.3 Å². The Labute approximate surface area is 243 Å². The van der Waals surface area contributed by atoms with Gasteiger partial charge in [0.15, 0.2) is 17.3 Å². The van der Waals surface area contributed by atoms with E-state index in [1.165, 1.54) is 18.5 Å². The molecule has 0 aliphatic carbocycles. The highest BCUT2D eigenvalue weighted by atomic mass is 16.1. The van der Waals surface area contributed by atoms with Gasteiger partial charge < -0.3 is 15.1 Å². The van der Waals surface area contributed by atoms with Crippen LogP contribution in [0.2, 0.25) is 0 Å². The minimum atomic E-state index is -0.221. The van der Waals surface area contributed by atoms with Crippen LogP contribution in [-0.4, -0.2) is 71.4 Å². The monoisotopic (exact) mass is 560 g/mol. The maximum atomic E-state index is 13.4. The van der Waals surface area contributed by atoms with Crippen LogP contribution in [0.5, 0.6) is 0 Å². The van der Waals surface area contributed by atoms with Crippen LogP contribution in [0.4, 0.5) is 17.3 Å². The van der Waals surface area contributed by atoms with Crippen molar-refractivity contribution >= 4 is 28.4 Å². The van der Waals surface area contributed by atoms with Crippen molar-refractivity contribution in [2.75, 3.05) is 30.4 Å². The molecule has 0 saturated carbocycles. The molecule has 212 valence electrons. The fourth-order valence-corrected chi connectivity index (χ4v) is 6.18. The quantitative estimate of drug-likeness (QED) is 0.296. The Hall–Kier alpha value is -4.90. The average molecular weight is 561 g/mol. The highest BCUT2D eigenvalue weighted by Gasteiger charge is 2.38. The van der Waals surface area contributed by atoms with Crippen LogP contribution in [-0.2, 0) is 6.54 Å². The molecule has 42 heavy (non-hydrogen) atoms. The Balaban J connectivity index is 1.22. The molecule has 2 saturated heterocycles. The molecule has 11 nitrogen and oxygen atoms in total. The lowest BCUT2D eigenvalue weighted by atomic mass is 10.1. The van der Waals surface area contributed by atoms with Gasteiger partial charge >= 0.3 is 0 Å². The topological polar surface area (TPSA) is 110 Å². The number of benzene rings is 1. The number of rotatable bonds is 7. The van der Waals surface area contributed by atoms with E-state index in [2.05, 4.69) is 68.0 Å². The van der Waals surface area contributed by atoms with E-state index in [1.54, 1.807) is 34.0 Å². The van der Waals surface area contributed by atoms with Crippen LogP contribution in [0, 0.1) is 6.92 Å². The lowest BCUT2D eigenvalue weighted by molar-refractivity contribution is 0.265. The van der Waals surface area contributed by atoms with Crippen LogP contribution in [0.15, 0.2) is 78.5 Å². The summed E-state index contributed by atoms with van der Waals surface area (Å²) in [5.41, 5.74) is 3.89. The second-order valence-corrected chi connectivity index (χ2v) is 11.1. The minimum absolute atomic E-state index is 0.221. The van der Waals surface area contributed by atoms with Crippen molar-refractivity contribution in [3.05, 3.63) is 89.6 Å². The predicted octanol–water partition coefficient (Wildman–Crippen LogP) is 3.96. The van der Waals surface area contributed by atoms with E-state index in [4.69, 9.17) is 9.97 Å². The van der Waals surface area contributed by atoms with E-state index in [0.717, 1.165) is 24.3 Å². The molecule has 0 spiro atoms. The number of anilines is 3. The van der Waals surface area contributed by atoms with E-state index in [9.17, 15) is 4.79 Å². The SMILES string of the molecule is C=CCn1c(=O)c2cnc(Nc3ccc(N4C5CCC4CN(C)C5)cc3)nc2n1-c1cccc(-c2ncc(C)cn2)n1. The summed E-state index contributed by atoms with van der Waals surface area (Å²) in [6, 6.07) is 15.1. The summed E-state index contributed by atoms with van der Waals surface area (Å²) >= 11 is 0. The summed E-state index contributed by atoms with van der Waals surface area (Å²) < 4.78 is 3.26. The second-order valence-electron chi connectivity index (χ2n) is 11.1. The molecule has 1 aromatic carbocycles. The molecule has 1 N–H and O–H groups in total. The van der Waals surface area contributed by atoms with Gasteiger partial charge in [0.1, 0.15) is 11.1 Å². The molecule has 2 fully saturated rings. The third-order valence-corrected chi connectivity index (χ3v) is 8.03. The lowest BCUT2D eigenvalue weighted by Crippen LogP contribution is -2.52. The van der Waals surface area contributed by atoms with Crippen molar-refractivity contribution in [3.63, 3.8) is 0 Å². The van der Waals surface area contributed by atoms with Gasteiger partial charge in [0.25, 0.3) is 5.56 Å². The maximum Gasteiger partial charge on any atom is 0.278 e. The van der Waals surface area contributed by atoms with Gasteiger partial charge in [-0.2, -0.15) is 4.98 Å². The summed E-state index contributed by atoms with van der Waals surface area (Å²) in [5, 5.41) is 3.71. The zero-order valence-corrected chi connectivity index (χ0v) is 23.7. The van der Waals surface area contributed by atoms with Gasteiger partial charge in [-0.3, -0.25) is 4.79 Å². The molecule has 0 amide bonds. The summed E-state index contributed by atoms with van der Waals surface area (Å²) in [5.74, 6) is 1.40. The van der Waals surface area contributed by atoms with E-state index in [-0.39, 0.29) is 12.1 Å². The van der Waals surface area contributed by atoms with E-state index < -0.39 is 0 Å². The molecule has 5 aromatic rings. The van der Waals surface area contributed by atoms with Crippen molar-refractivity contribution in [1.82, 2.24) is 39.2 Å². The first-order valence-electron chi connectivity index (χ1n) is 14.2. The summed E-state index contributed by atoms with van der Waals surface area (Å²) in [6.07, 6.45) is 9.22. The second kappa shape index (κ2) is 10.5. The molecule has 6 heterocycles. The van der Waals surface area contributed by atoms with Crippen molar-refractivity contribution in [2.24, 2.45) is 0 Å². The number of aryl methyl sites for hydroxylation is 1. The van der Waals surface area contributed by atoms with Gasteiger partial charge in [0.2, 0.25) is 5.95 Å². The van der Waals surface area contributed by atoms with Gasteiger partial charge in [-0.25, -0.2) is 29.3 Å². The minimum Gasteiger partial charge on any atom is -0.363 e. The first-order chi connectivity index (χ1) is 20.5. The number of likely N-dealkylation sites (tertiary alicyclic amines) is 1. The third-order valence-electron chi connectivity index (χ3n) is 8.03. The van der Waals surface area contributed by atoms with Gasteiger partial charge in [0, 0.05) is 55.1 Å². The Morgan fingerprint density at radius 2 is 1.71 bits per heavy atom. The molecule has 0 radical (unpaired) electrons. The zero-order valence-electron chi connectivity index (χ0n) is 23.7. The van der Waals surface area contributed by atoms with Crippen LogP contribution in [0.3, 0.4) is 0 Å². The number of aromatic nitrogens is 7. The number of hydrogen-bond donors (Lipinski definition) is 1. The van der Waals surface area contributed by atoms with Crippen molar-refractivity contribution in [1.29, 1.82) is 0 Å². The molecule has 11 heteroatoms. The Bertz CT molecular complexity index is 1810. The first-order valence-corrected chi connectivity index (χ1v) is 14.2. The largest absolute Gasteiger partial charge is 0.363 e. The number of piperazine rings is 1. The average Bonchev–Trinajstić information content (AvgIpc) is 3.43. The number of nitrogens with one attached hydrogen (secondary N) is 1. The fraction of sp³-hybridized carbons (Fsp3) is 0.290. The highest BCUT2D eigenvalue weighted by Crippen LogP contribution is 2.35. The van der Waals surface area contributed by atoms with Crippen LogP contribution >= 0.6 is 0 Å². The third kappa shape index (κ3) is 4.61. The van der Waals surface area contributed by atoms with Crippen molar-refractivity contribution < 1.29 is 0 Å². The lowest BCUT2D eigenvalue weighted by Gasteiger charge is -2.41. The molecule has 2 atom stereocenters. The molecule has 2 unspecified atom stereocenters. The first kappa shape index (κ1) is 26.0. The Morgan fingerprint density at radius 3 is 2.43 bits per heavy atom. The fourth-order valence-electron chi connectivity index (χ4n) is 6.18.